The van der Waals surface area contributed by atoms with Crippen LogP contribution in [0.4, 0.5) is 0 Å². The Morgan fingerprint density at radius 1 is 0.625 bits per heavy atom. The van der Waals surface area contributed by atoms with Gasteiger partial charge in [0.15, 0.2) is 6.04 Å². The highest BCUT2D eigenvalue weighted by molar-refractivity contribution is 5.98. The van der Waals surface area contributed by atoms with E-state index in [1.807, 2.05) is 81.4 Å². The maximum absolute atomic E-state index is 14.8. The lowest BCUT2D eigenvalue weighted by Gasteiger charge is -2.50. The largest absolute Gasteiger partial charge is 0.467 e. The van der Waals surface area contributed by atoms with Crippen LogP contribution in [0.25, 0.3) is 0 Å². The number of esters is 1. The first kappa shape index (κ1) is 64.9. The number of hydrogen-bond donors (Lipinski definition) is 4. The highest BCUT2D eigenvalue weighted by atomic mass is 16.7. The summed E-state index contributed by atoms with van der Waals surface area (Å²) in [4.78, 5) is 136. The molecule has 0 aromatic heterocycles. The number of carbonyl (C=O) groups excluding carboxylic acids is 9. The van der Waals surface area contributed by atoms with Gasteiger partial charge in [-0.15, -0.1) is 0 Å². The number of hydroxylamine groups is 2. The Kier molecular flexibility index (Phi) is 26.6. The number of amides is 8. The molecule has 20 nitrogen and oxygen atoms in total. The van der Waals surface area contributed by atoms with Gasteiger partial charge in [0.25, 0.3) is 5.91 Å². The molecule has 0 aromatic rings. The summed E-state index contributed by atoms with van der Waals surface area (Å²) >= 11 is 0. The summed E-state index contributed by atoms with van der Waals surface area (Å²) in [6, 6.07) is -9.41. The third-order valence-electron chi connectivity index (χ3n) is 13.3. The molecule has 0 aliphatic carbocycles. The smallest absolute Gasteiger partial charge is 0.328 e. The summed E-state index contributed by atoms with van der Waals surface area (Å²) in [5.41, 5.74) is 6.13. The molecule has 1 aliphatic rings. The Morgan fingerprint density at radius 3 is 1.53 bits per heavy atom. The molecule has 1 heterocycles. The Balaban J connectivity index is 3.48. The van der Waals surface area contributed by atoms with E-state index in [4.69, 9.17) is 15.3 Å². The molecule has 0 saturated carbocycles. The summed E-state index contributed by atoms with van der Waals surface area (Å²) in [6.07, 6.45) is 4.57. The van der Waals surface area contributed by atoms with Crippen molar-refractivity contribution < 1.29 is 52.7 Å². The molecule has 0 spiro atoms. The number of likely N-dealkylation sites (N-methyl/N-ethyl adjacent to an activating group) is 4. The molecular weight excluding hydrogens is 927 g/mol. The number of ether oxygens (including phenoxy) is 1. The van der Waals surface area contributed by atoms with Crippen LogP contribution in [0.3, 0.4) is 0 Å². The van der Waals surface area contributed by atoms with Crippen molar-refractivity contribution in [3.8, 4) is 0 Å². The van der Waals surface area contributed by atoms with Crippen LogP contribution in [-0.2, 0) is 52.7 Å². The Bertz CT molecular complexity index is 1890. The van der Waals surface area contributed by atoms with Gasteiger partial charge in [0, 0.05) is 28.2 Å². The average Bonchev–Trinajstić information content (AvgIpc) is 3.29. The molecule has 1 rings (SSSR count). The van der Waals surface area contributed by atoms with E-state index in [9.17, 15) is 43.2 Å². The monoisotopic (exact) mass is 1020 g/mol. The van der Waals surface area contributed by atoms with E-state index >= 15 is 0 Å². The molecule has 0 aromatic carbocycles. The second-order valence-corrected chi connectivity index (χ2v) is 21.6. The molecule has 1 fully saturated rings. The molecule has 8 amide bonds. The molecule has 1 aliphatic heterocycles. The van der Waals surface area contributed by atoms with Gasteiger partial charge in [-0.1, -0.05) is 95.2 Å². The number of carbonyl (C=O) groups is 9. The summed E-state index contributed by atoms with van der Waals surface area (Å²) in [5.74, 6) is -6.27. The number of hydrogen-bond acceptors (Lipinski definition) is 12. The van der Waals surface area contributed by atoms with E-state index in [1.165, 1.54) is 68.7 Å². The van der Waals surface area contributed by atoms with E-state index in [-0.39, 0.29) is 48.9 Å². The van der Waals surface area contributed by atoms with Gasteiger partial charge in [-0.05, 0) is 88.4 Å². The minimum Gasteiger partial charge on any atom is -0.467 e. The first-order chi connectivity index (χ1) is 33.3. The van der Waals surface area contributed by atoms with Gasteiger partial charge >= 0.3 is 5.97 Å². The van der Waals surface area contributed by atoms with Crippen LogP contribution in [-0.4, -0.2) is 174 Å². The molecule has 412 valence electrons. The maximum Gasteiger partial charge on any atom is 0.328 e. The molecule has 1 saturated heterocycles. The van der Waals surface area contributed by atoms with Gasteiger partial charge in [0.2, 0.25) is 41.4 Å². The molecule has 72 heavy (non-hydrogen) atoms. The van der Waals surface area contributed by atoms with E-state index < -0.39 is 120 Å². The van der Waals surface area contributed by atoms with Crippen molar-refractivity contribution in [2.45, 2.75) is 196 Å². The lowest BCUT2D eigenvalue weighted by molar-refractivity contribution is -0.321. The maximum atomic E-state index is 14.8. The van der Waals surface area contributed by atoms with Crippen LogP contribution in [0.5, 0.6) is 0 Å². The van der Waals surface area contributed by atoms with Crippen molar-refractivity contribution >= 4 is 53.2 Å². The zero-order valence-corrected chi connectivity index (χ0v) is 47.2. The van der Waals surface area contributed by atoms with Gasteiger partial charge in [-0.2, -0.15) is 0 Å². The topological polar surface area (TPSA) is 250 Å². The van der Waals surface area contributed by atoms with Gasteiger partial charge in [0.1, 0.15) is 48.4 Å². The van der Waals surface area contributed by atoms with Crippen LogP contribution in [0.1, 0.15) is 136 Å². The third-order valence-corrected chi connectivity index (χ3v) is 13.3. The van der Waals surface area contributed by atoms with E-state index in [0.29, 0.717) is 12.8 Å². The lowest BCUT2D eigenvalue weighted by atomic mass is 9.90. The zero-order chi connectivity index (χ0) is 55.8. The number of nitrogens with one attached hydrogen (secondary N) is 3. The summed E-state index contributed by atoms with van der Waals surface area (Å²) < 4.78 is 4.88. The molecule has 20 heteroatoms. The lowest BCUT2D eigenvalue weighted by Crippen LogP contribution is -2.71. The highest BCUT2D eigenvalue weighted by Crippen LogP contribution is 2.33. The van der Waals surface area contributed by atoms with E-state index in [1.54, 1.807) is 20.8 Å². The van der Waals surface area contributed by atoms with Gasteiger partial charge < -0.3 is 46.0 Å². The first-order valence-electron chi connectivity index (χ1n) is 25.7. The van der Waals surface area contributed by atoms with Crippen molar-refractivity contribution in [3.63, 3.8) is 0 Å². The number of methoxy groups -OCH3 is 1. The summed E-state index contributed by atoms with van der Waals surface area (Å²) in [7, 11) is 7.15. The summed E-state index contributed by atoms with van der Waals surface area (Å²) in [5, 5.41) is 9.05. The average molecular weight is 1020 g/mol. The predicted molar refractivity (Wildman–Crippen MR) is 276 cm³/mol. The summed E-state index contributed by atoms with van der Waals surface area (Å²) in [6.45, 7) is 26.9. The SMILES string of the molecule is C/C=C/C[C@@H](C)[C@H]1ON(C(=O)[C@H](C(C)C)N(C)C(=O)[C@H](CC(C)C)N(C)C(=O)[C@H](CC(C)C)N(C)C(=O)C(C)NC(=O)[C@H](C)NC(=O)[C@H](CC(C)C)N(C)C(=O)[C@@H](N)C(C)C)[C@@H]1C(=O)N[C@@H](CC)C(=O)OC. The van der Waals surface area contributed by atoms with Crippen molar-refractivity contribution in [2.75, 3.05) is 35.3 Å². The normalized spacial score (nSPS) is 18.6. The molecule has 1 unspecified atom stereocenters. The van der Waals surface area contributed by atoms with Crippen molar-refractivity contribution in [1.29, 1.82) is 0 Å². The van der Waals surface area contributed by atoms with Gasteiger partial charge in [-0.3, -0.25) is 43.2 Å². The Morgan fingerprint density at radius 2 is 1.08 bits per heavy atom. The molecule has 11 atom stereocenters. The zero-order valence-electron chi connectivity index (χ0n) is 47.2. The Labute approximate surface area is 430 Å². The fraction of sp³-hybridized carbons (Fsp3) is 0.788. The minimum atomic E-state index is -1.15. The number of nitrogens with two attached hydrogens (primary N) is 1. The van der Waals surface area contributed by atoms with Crippen LogP contribution < -0.4 is 21.7 Å². The van der Waals surface area contributed by atoms with Crippen LogP contribution in [0.2, 0.25) is 0 Å². The van der Waals surface area contributed by atoms with Gasteiger partial charge in [0.05, 0.1) is 13.2 Å². The van der Waals surface area contributed by atoms with Crippen molar-refractivity contribution in [1.82, 2.24) is 40.6 Å². The highest BCUT2D eigenvalue weighted by Gasteiger charge is 2.54. The molecule has 0 radical (unpaired) electrons. The first-order valence-corrected chi connectivity index (χ1v) is 25.7. The third kappa shape index (κ3) is 17.5. The van der Waals surface area contributed by atoms with E-state index in [0.717, 1.165) is 5.06 Å². The van der Waals surface area contributed by atoms with Crippen LogP contribution in [0, 0.1) is 35.5 Å². The number of nitrogens with zero attached hydrogens (tertiary/aromatic N) is 5. The van der Waals surface area contributed by atoms with E-state index in [2.05, 4.69) is 16.0 Å². The fourth-order valence-corrected chi connectivity index (χ4v) is 8.73. The number of allylic oxidation sites excluding steroid dienone is 2. The predicted octanol–water partition coefficient (Wildman–Crippen LogP) is 3.26. The quantitative estimate of drug-likeness (QED) is 0.0652. The standard InChI is InChI=1S/C52H93N9O11/c1-21-23-24-33(13)43-42(46(64)56-36(22-2)52(70)71-20)61(72-43)51(69)41(32(11)12)60(19)49(67)39(27-30(7)8)59(18)48(66)38(26-29(5)6)58(17)47(65)35(15)55-44(62)34(14)54-45(63)37(25-28(3)4)57(16)50(68)40(53)31(9)10/h21,23,28-43H,22,24-27,53H2,1-20H3,(H,54,63)(H,55,62)(H,56,64)/b23-21+/t33-,34+,35?,36+,37+,38+,39+,40+,41+,42+,43-/m1/s1. The van der Waals surface area contributed by atoms with Crippen molar-refractivity contribution in [3.05, 3.63) is 12.2 Å². The second kappa shape index (κ2) is 29.6. The van der Waals surface area contributed by atoms with Crippen LogP contribution >= 0.6 is 0 Å². The number of rotatable bonds is 28. The Hall–Kier alpha value is -5.11. The van der Waals surface area contributed by atoms with Gasteiger partial charge in [-0.25, -0.2) is 9.86 Å². The fourth-order valence-electron chi connectivity index (χ4n) is 8.73. The van der Waals surface area contributed by atoms with Crippen molar-refractivity contribution in [2.24, 2.45) is 41.2 Å². The van der Waals surface area contributed by atoms with Crippen LogP contribution in [0.15, 0.2) is 12.2 Å². The molecular formula is C52H93N9O11. The second-order valence-electron chi connectivity index (χ2n) is 21.6. The minimum absolute atomic E-state index is 0.0242. The molecule has 0 bridgehead atoms. The molecule has 5 N–H and O–H groups in total.